The number of para-hydroxylation sites is 1. The minimum Gasteiger partial charge on any atom is -0.497 e. The van der Waals surface area contributed by atoms with Crippen molar-refractivity contribution >= 4 is 32.8 Å². The number of hydrogen-bond donors (Lipinski definition) is 1. The van der Waals surface area contributed by atoms with Gasteiger partial charge in [0.1, 0.15) is 18.3 Å². The van der Waals surface area contributed by atoms with E-state index in [0.717, 1.165) is 11.3 Å². The molecular weight excluding hydrogens is 260 g/mol. The van der Waals surface area contributed by atoms with Crippen molar-refractivity contribution in [1.29, 1.82) is 0 Å². The molecule has 2 aromatic carbocycles. The molecule has 104 valence electrons. The Morgan fingerprint density at radius 1 is 1.05 bits per heavy atom. The third kappa shape index (κ3) is 1.57. The molecule has 3 heteroatoms. The zero-order valence-electron chi connectivity index (χ0n) is 12.4. The van der Waals surface area contributed by atoms with E-state index in [2.05, 4.69) is 59.9 Å². The highest BCUT2D eigenvalue weighted by Gasteiger charge is 2.20. The molecular formula is C18H17N2O+. The van der Waals surface area contributed by atoms with E-state index in [1.54, 1.807) is 7.11 Å². The molecule has 0 spiro atoms. The molecule has 2 heterocycles. The number of rotatable bonds is 1. The van der Waals surface area contributed by atoms with Crippen LogP contribution in [0.5, 0.6) is 5.75 Å². The molecule has 21 heavy (non-hydrogen) atoms. The predicted octanol–water partition coefficient (Wildman–Crippen LogP) is 3.62. The second kappa shape index (κ2) is 4.22. The van der Waals surface area contributed by atoms with Gasteiger partial charge in [-0.25, -0.2) is 0 Å². The molecule has 0 aliphatic rings. The Kier molecular flexibility index (Phi) is 2.45. The number of aryl methyl sites for hydroxylation is 2. The quantitative estimate of drug-likeness (QED) is 0.529. The normalized spacial score (nSPS) is 11.6. The molecule has 2 aromatic heterocycles. The summed E-state index contributed by atoms with van der Waals surface area (Å²) in [5.74, 6) is 0.884. The molecule has 0 radical (unpaired) electrons. The van der Waals surface area contributed by atoms with Gasteiger partial charge in [0.05, 0.1) is 23.4 Å². The van der Waals surface area contributed by atoms with Crippen molar-refractivity contribution in [1.82, 2.24) is 4.98 Å². The number of nitrogens with one attached hydrogen (secondary N) is 1. The van der Waals surface area contributed by atoms with Crippen LogP contribution in [0.3, 0.4) is 0 Å². The first-order valence-corrected chi connectivity index (χ1v) is 7.07. The van der Waals surface area contributed by atoms with Gasteiger partial charge in [0.2, 0.25) is 11.0 Å². The van der Waals surface area contributed by atoms with Crippen molar-refractivity contribution in [3.63, 3.8) is 0 Å². The highest BCUT2D eigenvalue weighted by atomic mass is 16.5. The SMILES string of the molecule is COc1ccc2[nH]c3c(C)c4ccccc4[n+](C)c3c2c1. The number of H-pyrrole nitrogens is 1. The summed E-state index contributed by atoms with van der Waals surface area (Å²) in [6.07, 6.45) is 0. The lowest BCUT2D eigenvalue weighted by Crippen LogP contribution is -2.30. The topological polar surface area (TPSA) is 28.9 Å². The fourth-order valence-electron chi connectivity index (χ4n) is 3.24. The number of methoxy groups -OCH3 is 1. The van der Waals surface area contributed by atoms with Crippen LogP contribution in [0.15, 0.2) is 42.5 Å². The average Bonchev–Trinajstić information content (AvgIpc) is 2.91. The maximum absolute atomic E-state index is 5.38. The molecule has 0 atom stereocenters. The molecule has 0 saturated heterocycles. The molecule has 4 rings (SSSR count). The van der Waals surface area contributed by atoms with Crippen molar-refractivity contribution in [2.24, 2.45) is 7.05 Å². The molecule has 0 amide bonds. The number of benzene rings is 2. The van der Waals surface area contributed by atoms with E-state index in [9.17, 15) is 0 Å². The van der Waals surface area contributed by atoms with Gasteiger partial charge in [-0.1, -0.05) is 12.1 Å². The zero-order valence-corrected chi connectivity index (χ0v) is 12.4. The lowest BCUT2D eigenvalue weighted by atomic mass is 10.1. The van der Waals surface area contributed by atoms with Gasteiger partial charge in [0, 0.05) is 6.07 Å². The summed E-state index contributed by atoms with van der Waals surface area (Å²) in [7, 11) is 3.83. The molecule has 0 unspecified atom stereocenters. The highest BCUT2D eigenvalue weighted by molar-refractivity contribution is 6.07. The number of aromatic nitrogens is 2. The number of hydrogen-bond acceptors (Lipinski definition) is 1. The van der Waals surface area contributed by atoms with Gasteiger partial charge in [-0.15, -0.1) is 0 Å². The Labute approximate surface area is 122 Å². The summed E-state index contributed by atoms with van der Waals surface area (Å²) in [5.41, 5.74) is 6.08. The van der Waals surface area contributed by atoms with Crippen LogP contribution in [0.4, 0.5) is 0 Å². The van der Waals surface area contributed by atoms with Gasteiger partial charge >= 0.3 is 0 Å². The minimum absolute atomic E-state index is 0.884. The number of ether oxygens (including phenoxy) is 1. The van der Waals surface area contributed by atoms with Crippen molar-refractivity contribution in [3.8, 4) is 5.75 Å². The van der Waals surface area contributed by atoms with E-state index in [4.69, 9.17) is 4.74 Å². The third-order valence-corrected chi connectivity index (χ3v) is 4.36. The van der Waals surface area contributed by atoms with Crippen molar-refractivity contribution in [2.45, 2.75) is 6.92 Å². The summed E-state index contributed by atoms with van der Waals surface area (Å²) in [6, 6.07) is 14.7. The van der Waals surface area contributed by atoms with Gasteiger partial charge in [-0.05, 0) is 36.8 Å². The summed E-state index contributed by atoms with van der Waals surface area (Å²) >= 11 is 0. The Hall–Kier alpha value is -2.55. The first-order chi connectivity index (χ1) is 10.2. The maximum Gasteiger partial charge on any atom is 0.239 e. The average molecular weight is 277 g/mol. The Bertz CT molecular complexity index is 999. The monoisotopic (exact) mass is 277 g/mol. The molecule has 0 saturated carbocycles. The second-order valence-corrected chi connectivity index (χ2v) is 5.46. The number of pyridine rings is 1. The van der Waals surface area contributed by atoms with Crippen LogP contribution in [0, 0.1) is 6.92 Å². The van der Waals surface area contributed by atoms with E-state index in [-0.39, 0.29) is 0 Å². The van der Waals surface area contributed by atoms with Crippen molar-refractivity contribution < 1.29 is 9.30 Å². The Balaban J connectivity index is 2.29. The largest absolute Gasteiger partial charge is 0.497 e. The van der Waals surface area contributed by atoms with E-state index >= 15 is 0 Å². The molecule has 0 bridgehead atoms. The minimum atomic E-state index is 0.884. The van der Waals surface area contributed by atoms with E-state index in [0.29, 0.717) is 0 Å². The number of aromatic amines is 1. The van der Waals surface area contributed by atoms with Crippen LogP contribution in [-0.2, 0) is 7.05 Å². The van der Waals surface area contributed by atoms with Crippen LogP contribution >= 0.6 is 0 Å². The summed E-state index contributed by atoms with van der Waals surface area (Å²) in [4.78, 5) is 3.55. The van der Waals surface area contributed by atoms with Gasteiger partial charge in [-0.3, -0.25) is 0 Å². The zero-order chi connectivity index (χ0) is 14.6. The second-order valence-electron chi connectivity index (χ2n) is 5.46. The number of nitrogens with zero attached hydrogens (tertiary/aromatic N) is 1. The van der Waals surface area contributed by atoms with Crippen molar-refractivity contribution in [3.05, 3.63) is 48.0 Å². The standard InChI is InChI=1S/C18H16N2O/c1-11-13-6-4-5-7-16(13)20(2)18-14-10-12(21-3)8-9-15(14)19-17(11)18/h4-10H,1-3H3/p+1. The molecule has 0 fully saturated rings. The molecule has 0 aliphatic carbocycles. The van der Waals surface area contributed by atoms with E-state index < -0.39 is 0 Å². The summed E-state index contributed by atoms with van der Waals surface area (Å²) in [5, 5.41) is 2.48. The lowest BCUT2D eigenvalue weighted by Gasteiger charge is -2.03. The molecule has 1 N–H and O–H groups in total. The van der Waals surface area contributed by atoms with Crippen molar-refractivity contribution in [2.75, 3.05) is 7.11 Å². The van der Waals surface area contributed by atoms with Crippen LogP contribution in [0.2, 0.25) is 0 Å². The Morgan fingerprint density at radius 2 is 1.86 bits per heavy atom. The smallest absolute Gasteiger partial charge is 0.239 e. The molecule has 3 nitrogen and oxygen atoms in total. The van der Waals surface area contributed by atoms with Crippen LogP contribution in [0.25, 0.3) is 32.8 Å². The summed E-state index contributed by atoms with van der Waals surface area (Å²) in [6.45, 7) is 2.18. The lowest BCUT2D eigenvalue weighted by molar-refractivity contribution is -0.616. The fraction of sp³-hybridized carbons (Fsp3) is 0.167. The highest BCUT2D eigenvalue weighted by Crippen LogP contribution is 2.31. The van der Waals surface area contributed by atoms with Gasteiger partial charge in [0.15, 0.2) is 0 Å². The van der Waals surface area contributed by atoms with Crippen LogP contribution in [-0.4, -0.2) is 12.1 Å². The summed E-state index contributed by atoms with van der Waals surface area (Å²) < 4.78 is 7.63. The van der Waals surface area contributed by atoms with Gasteiger partial charge in [0.25, 0.3) is 0 Å². The van der Waals surface area contributed by atoms with Crippen LogP contribution in [0.1, 0.15) is 5.56 Å². The third-order valence-electron chi connectivity index (χ3n) is 4.36. The van der Waals surface area contributed by atoms with E-state index in [1.807, 2.05) is 6.07 Å². The fourth-order valence-corrected chi connectivity index (χ4v) is 3.24. The maximum atomic E-state index is 5.38. The predicted molar refractivity (Wildman–Crippen MR) is 85.8 cm³/mol. The molecule has 0 aliphatic heterocycles. The first-order valence-electron chi connectivity index (χ1n) is 7.07. The molecule has 4 aromatic rings. The first kappa shape index (κ1) is 12.2. The van der Waals surface area contributed by atoms with Crippen LogP contribution < -0.4 is 9.30 Å². The van der Waals surface area contributed by atoms with Gasteiger partial charge in [-0.2, -0.15) is 4.57 Å². The number of fused-ring (bicyclic) bond motifs is 4. The van der Waals surface area contributed by atoms with Gasteiger partial charge < -0.3 is 9.72 Å². The van der Waals surface area contributed by atoms with E-state index in [1.165, 1.54) is 32.9 Å². The Morgan fingerprint density at radius 3 is 2.67 bits per heavy atom.